The first-order valence-corrected chi connectivity index (χ1v) is 8.59. The van der Waals surface area contributed by atoms with Crippen LogP contribution in [0.5, 0.6) is 0 Å². The molecule has 0 fully saturated rings. The topological polar surface area (TPSA) is 37.3 Å². The Hall–Kier alpha value is -1.57. The van der Waals surface area contributed by atoms with Gasteiger partial charge < -0.3 is 5.11 Å². The standard InChI is InChI=1S/C20H32O2.CH4/c1-2-3-4-5-6-7-8-9-10-11-12-13-14-15-16-17-18-19-20(21)22;/h6-7,9-10,12-13,15-16H,2-5,8,11,14,17-19H2,1H3,(H,21,22);1H4/b7-6-,10-9-,13-12-,16-15-;. The second-order valence-electron chi connectivity index (χ2n) is 5.37. The fourth-order valence-electron chi connectivity index (χ4n) is 1.93. The summed E-state index contributed by atoms with van der Waals surface area (Å²) in [6, 6.07) is 0. The quantitative estimate of drug-likeness (QED) is 0.280. The molecule has 2 nitrogen and oxygen atoms in total. The minimum Gasteiger partial charge on any atom is -0.481 e. The summed E-state index contributed by atoms with van der Waals surface area (Å²) in [4.78, 5) is 10.3. The van der Waals surface area contributed by atoms with Crippen LogP contribution in [0.4, 0.5) is 0 Å². The van der Waals surface area contributed by atoms with Crippen molar-refractivity contribution in [3.05, 3.63) is 48.6 Å². The van der Waals surface area contributed by atoms with Crippen molar-refractivity contribution in [2.24, 2.45) is 0 Å². The highest BCUT2D eigenvalue weighted by Gasteiger charge is 1.92. The van der Waals surface area contributed by atoms with Crippen LogP contribution < -0.4 is 0 Å². The van der Waals surface area contributed by atoms with E-state index in [1.807, 2.05) is 0 Å². The van der Waals surface area contributed by atoms with Crippen LogP contribution in [0.15, 0.2) is 48.6 Å². The smallest absolute Gasteiger partial charge is 0.303 e. The summed E-state index contributed by atoms with van der Waals surface area (Å²) in [6.45, 7) is 2.23. The third-order valence-electron chi connectivity index (χ3n) is 3.22. The van der Waals surface area contributed by atoms with Crippen molar-refractivity contribution in [3.63, 3.8) is 0 Å². The number of carbonyl (C=O) groups is 1. The van der Waals surface area contributed by atoms with E-state index >= 15 is 0 Å². The molecule has 0 bridgehead atoms. The lowest BCUT2D eigenvalue weighted by Gasteiger charge is -1.90. The Bertz CT molecular complexity index is 362. The summed E-state index contributed by atoms with van der Waals surface area (Å²) in [7, 11) is 0. The zero-order valence-corrected chi connectivity index (χ0v) is 14.0. The first-order valence-electron chi connectivity index (χ1n) is 8.59. The maximum atomic E-state index is 10.3. The molecule has 0 heterocycles. The van der Waals surface area contributed by atoms with Gasteiger partial charge in [-0.25, -0.2) is 0 Å². The van der Waals surface area contributed by atoms with E-state index < -0.39 is 5.97 Å². The summed E-state index contributed by atoms with van der Waals surface area (Å²) in [5, 5.41) is 8.49. The molecular formula is C21H36O2. The number of aliphatic carboxylic acids is 1. The van der Waals surface area contributed by atoms with Crippen LogP contribution in [-0.4, -0.2) is 11.1 Å². The summed E-state index contributed by atoms with van der Waals surface area (Å²) < 4.78 is 0. The SMILES string of the molecule is C.CCCCC/C=C\C/C=C\C/C=C\C/C=C\CCCC(=O)O. The first-order chi connectivity index (χ1) is 10.8. The number of carboxylic acid groups (broad SMARTS) is 1. The molecule has 0 aliphatic carbocycles. The second-order valence-corrected chi connectivity index (χ2v) is 5.37. The Balaban J connectivity index is 0. The zero-order chi connectivity index (χ0) is 16.3. The molecule has 0 aromatic heterocycles. The summed E-state index contributed by atoms with van der Waals surface area (Å²) in [5.74, 6) is -0.712. The van der Waals surface area contributed by atoms with E-state index in [1.165, 1.54) is 25.7 Å². The first kappa shape index (κ1) is 23.7. The van der Waals surface area contributed by atoms with Crippen LogP contribution >= 0.6 is 0 Å². The molecule has 0 atom stereocenters. The molecule has 132 valence electrons. The number of carboxylic acids is 1. The van der Waals surface area contributed by atoms with Crippen molar-refractivity contribution in [1.29, 1.82) is 0 Å². The van der Waals surface area contributed by atoms with Gasteiger partial charge in [0.15, 0.2) is 0 Å². The van der Waals surface area contributed by atoms with Crippen LogP contribution in [-0.2, 0) is 4.79 Å². The van der Waals surface area contributed by atoms with Gasteiger partial charge in [0, 0.05) is 6.42 Å². The lowest BCUT2D eigenvalue weighted by molar-refractivity contribution is -0.137. The molecule has 0 aliphatic heterocycles. The number of allylic oxidation sites excluding steroid dienone is 8. The van der Waals surface area contributed by atoms with Gasteiger partial charge in [0.1, 0.15) is 0 Å². The Morgan fingerprint density at radius 1 is 0.739 bits per heavy atom. The fraction of sp³-hybridized carbons (Fsp3) is 0.571. The second kappa shape index (κ2) is 20.4. The lowest BCUT2D eigenvalue weighted by Crippen LogP contribution is -1.92. The molecule has 0 aromatic rings. The lowest BCUT2D eigenvalue weighted by atomic mass is 10.2. The molecule has 0 unspecified atom stereocenters. The van der Waals surface area contributed by atoms with Crippen molar-refractivity contribution >= 4 is 5.97 Å². The van der Waals surface area contributed by atoms with E-state index in [-0.39, 0.29) is 13.8 Å². The highest BCUT2D eigenvalue weighted by atomic mass is 16.4. The summed E-state index contributed by atoms with van der Waals surface area (Å²) >= 11 is 0. The van der Waals surface area contributed by atoms with Crippen molar-refractivity contribution in [1.82, 2.24) is 0 Å². The van der Waals surface area contributed by atoms with Gasteiger partial charge in [-0.3, -0.25) is 4.79 Å². The van der Waals surface area contributed by atoms with Crippen LogP contribution in [0.1, 0.15) is 78.6 Å². The third-order valence-corrected chi connectivity index (χ3v) is 3.22. The van der Waals surface area contributed by atoms with Gasteiger partial charge in [-0.1, -0.05) is 75.8 Å². The molecule has 23 heavy (non-hydrogen) atoms. The number of hydrogen-bond donors (Lipinski definition) is 1. The van der Waals surface area contributed by atoms with Crippen molar-refractivity contribution < 1.29 is 9.90 Å². The maximum absolute atomic E-state index is 10.3. The van der Waals surface area contributed by atoms with E-state index in [9.17, 15) is 4.79 Å². The van der Waals surface area contributed by atoms with E-state index in [4.69, 9.17) is 5.11 Å². The van der Waals surface area contributed by atoms with Gasteiger partial charge in [0.05, 0.1) is 0 Å². The Kier molecular flexibility index (Phi) is 21.0. The van der Waals surface area contributed by atoms with Gasteiger partial charge in [-0.2, -0.15) is 0 Å². The minimum atomic E-state index is -0.712. The predicted molar refractivity (Wildman–Crippen MR) is 103 cm³/mol. The Labute approximate surface area is 143 Å². The number of rotatable bonds is 14. The molecular weight excluding hydrogens is 284 g/mol. The van der Waals surface area contributed by atoms with Gasteiger partial charge in [-0.05, 0) is 44.9 Å². The highest BCUT2D eigenvalue weighted by molar-refractivity contribution is 5.66. The van der Waals surface area contributed by atoms with Gasteiger partial charge >= 0.3 is 5.97 Å². The van der Waals surface area contributed by atoms with E-state index in [2.05, 4.69) is 55.5 Å². The monoisotopic (exact) mass is 320 g/mol. The highest BCUT2D eigenvalue weighted by Crippen LogP contribution is 2.01. The normalized spacial score (nSPS) is 11.9. The zero-order valence-electron chi connectivity index (χ0n) is 14.0. The molecule has 2 heteroatoms. The number of unbranched alkanes of at least 4 members (excludes halogenated alkanes) is 4. The molecule has 0 saturated carbocycles. The Morgan fingerprint density at radius 2 is 1.17 bits per heavy atom. The molecule has 0 radical (unpaired) electrons. The molecule has 0 aliphatic rings. The van der Waals surface area contributed by atoms with Crippen LogP contribution in [0.3, 0.4) is 0 Å². The minimum absolute atomic E-state index is 0. The van der Waals surface area contributed by atoms with E-state index in [0.29, 0.717) is 0 Å². The summed E-state index contributed by atoms with van der Waals surface area (Å²) in [5.41, 5.74) is 0. The van der Waals surface area contributed by atoms with Crippen molar-refractivity contribution in [2.75, 3.05) is 0 Å². The van der Waals surface area contributed by atoms with Gasteiger partial charge in [-0.15, -0.1) is 0 Å². The molecule has 1 N–H and O–H groups in total. The van der Waals surface area contributed by atoms with E-state index in [0.717, 1.165) is 32.1 Å². The summed E-state index contributed by atoms with van der Waals surface area (Å²) in [6.07, 6.45) is 27.3. The predicted octanol–water partition coefficient (Wildman–Crippen LogP) is 6.85. The van der Waals surface area contributed by atoms with Crippen LogP contribution in [0, 0.1) is 0 Å². The van der Waals surface area contributed by atoms with Gasteiger partial charge in [0.25, 0.3) is 0 Å². The Morgan fingerprint density at radius 3 is 1.61 bits per heavy atom. The average Bonchev–Trinajstić information content (AvgIpc) is 2.50. The van der Waals surface area contributed by atoms with Crippen molar-refractivity contribution in [2.45, 2.75) is 78.6 Å². The third kappa shape index (κ3) is 22.8. The molecule has 0 saturated heterocycles. The molecule has 0 aromatic carbocycles. The molecule has 0 spiro atoms. The van der Waals surface area contributed by atoms with Crippen LogP contribution in [0.2, 0.25) is 0 Å². The largest absolute Gasteiger partial charge is 0.481 e. The maximum Gasteiger partial charge on any atom is 0.303 e. The van der Waals surface area contributed by atoms with Crippen LogP contribution in [0.25, 0.3) is 0 Å². The molecule has 0 rings (SSSR count). The van der Waals surface area contributed by atoms with Gasteiger partial charge in [0.2, 0.25) is 0 Å². The van der Waals surface area contributed by atoms with Crippen molar-refractivity contribution in [3.8, 4) is 0 Å². The fourth-order valence-corrected chi connectivity index (χ4v) is 1.93. The molecule has 0 amide bonds. The van der Waals surface area contributed by atoms with E-state index in [1.54, 1.807) is 0 Å². The number of hydrogen-bond acceptors (Lipinski definition) is 1. The average molecular weight is 321 g/mol.